The first-order chi connectivity index (χ1) is 13.4. The number of allylic oxidation sites excluding steroid dienone is 5. The molecule has 0 spiro atoms. The van der Waals surface area contributed by atoms with Crippen molar-refractivity contribution in [2.24, 2.45) is 17.8 Å². The van der Waals surface area contributed by atoms with Gasteiger partial charge in [-0.25, -0.2) is 0 Å². The fourth-order valence-electron chi connectivity index (χ4n) is 4.82. The molecule has 0 aromatic carbocycles. The minimum absolute atomic E-state index is 0.532. The molecule has 3 rings (SSSR count). The van der Waals surface area contributed by atoms with Gasteiger partial charge in [0.2, 0.25) is 0 Å². The Bertz CT molecular complexity index is 783. The van der Waals surface area contributed by atoms with E-state index in [1.54, 1.807) is 11.3 Å². The van der Waals surface area contributed by atoms with Gasteiger partial charge in [0.15, 0.2) is 0 Å². The molecule has 0 N–H and O–H groups in total. The maximum Gasteiger partial charge on any atom is 0.129 e. The van der Waals surface area contributed by atoms with E-state index in [1.807, 2.05) is 6.92 Å². The fourth-order valence-corrected chi connectivity index (χ4v) is 5.66. The summed E-state index contributed by atoms with van der Waals surface area (Å²) in [5, 5.41) is 2.29. The molecule has 28 heavy (non-hydrogen) atoms. The van der Waals surface area contributed by atoms with Crippen LogP contribution in [-0.4, -0.2) is 6.61 Å². The third kappa shape index (κ3) is 4.71. The molecular weight excluding hydrogens is 360 g/mol. The van der Waals surface area contributed by atoms with Crippen molar-refractivity contribution in [3.63, 3.8) is 0 Å². The lowest BCUT2D eigenvalue weighted by Crippen LogP contribution is -2.08. The second-order valence-electron chi connectivity index (χ2n) is 8.89. The average Bonchev–Trinajstić information content (AvgIpc) is 3.36. The van der Waals surface area contributed by atoms with Crippen LogP contribution in [0.15, 0.2) is 47.4 Å². The summed E-state index contributed by atoms with van der Waals surface area (Å²) in [5.74, 6) is 2.84. The zero-order valence-electron chi connectivity index (χ0n) is 18.1. The highest BCUT2D eigenvalue weighted by Gasteiger charge is 2.31. The largest absolute Gasteiger partial charge is 0.493 e. The van der Waals surface area contributed by atoms with E-state index in [0.717, 1.165) is 23.0 Å². The summed E-state index contributed by atoms with van der Waals surface area (Å²) in [4.78, 5) is 1.14. The van der Waals surface area contributed by atoms with Gasteiger partial charge in [-0.2, -0.15) is 0 Å². The van der Waals surface area contributed by atoms with Crippen molar-refractivity contribution >= 4 is 22.7 Å². The highest BCUT2D eigenvalue weighted by molar-refractivity contribution is 7.11. The van der Waals surface area contributed by atoms with E-state index in [1.165, 1.54) is 60.0 Å². The topological polar surface area (TPSA) is 9.23 Å². The molecule has 152 valence electrons. The maximum atomic E-state index is 5.63. The van der Waals surface area contributed by atoms with Gasteiger partial charge in [0.05, 0.1) is 11.5 Å². The van der Waals surface area contributed by atoms with Crippen LogP contribution < -0.4 is 0 Å². The van der Waals surface area contributed by atoms with Gasteiger partial charge in [-0.1, -0.05) is 64.3 Å². The number of ether oxygens (including phenoxy) is 1. The minimum atomic E-state index is 0.532. The Morgan fingerprint density at radius 2 is 1.96 bits per heavy atom. The van der Waals surface area contributed by atoms with Gasteiger partial charge in [0, 0.05) is 5.92 Å². The Morgan fingerprint density at radius 3 is 2.61 bits per heavy atom. The fraction of sp³-hybridized carbons (Fsp3) is 0.538. The molecule has 1 fully saturated rings. The van der Waals surface area contributed by atoms with Crippen LogP contribution in [-0.2, 0) is 4.74 Å². The molecule has 1 saturated carbocycles. The Morgan fingerprint density at radius 1 is 1.25 bits per heavy atom. The van der Waals surface area contributed by atoms with Crippen molar-refractivity contribution in [1.29, 1.82) is 0 Å². The van der Waals surface area contributed by atoms with Crippen LogP contribution in [0.1, 0.15) is 76.7 Å². The molecule has 0 saturated heterocycles. The lowest BCUT2D eigenvalue weighted by atomic mass is 9.83. The first kappa shape index (κ1) is 21.2. The minimum Gasteiger partial charge on any atom is -0.493 e. The molecule has 1 nitrogen and oxygen atoms in total. The summed E-state index contributed by atoms with van der Waals surface area (Å²) in [7, 11) is 0. The third-order valence-electron chi connectivity index (χ3n) is 6.23. The quantitative estimate of drug-likeness (QED) is 0.382. The second kappa shape index (κ2) is 9.31. The maximum absolute atomic E-state index is 5.63. The van der Waals surface area contributed by atoms with Crippen LogP contribution >= 0.6 is 11.3 Å². The van der Waals surface area contributed by atoms with Crippen molar-refractivity contribution in [3.8, 4) is 0 Å². The predicted octanol–water partition coefficient (Wildman–Crippen LogP) is 8.27. The van der Waals surface area contributed by atoms with E-state index < -0.39 is 0 Å². The first-order valence-electron chi connectivity index (χ1n) is 10.9. The number of thiophene rings is 1. The van der Waals surface area contributed by atoms with Crippen LogP contribution in [0.2, 0.25) is 0 Å². The van der Waals surface area contributed by atoms with Gasteiger partial charge >= 0.3 is 0 Å². The molecule has 2 heteroatoms. The lowest BCUT2D eigenvalue weighted by molar-refractivity contribution is 0.300. The second-order valence-corrected chi connectivity index (χ2v) is 9.80. The smallest absolute Gasteiger partial charge is 0.129 e. The first-order valence-corrected chi connectivity index (χ1v) is 11.8. The van der Waals surface area contributed by atoms with E-state index in [0.29, 0.717) is 18.4 Å². The molecule has 1 heterocycles. The van der Waals surface area contributed by atoms with E-state index in [-0.39, 0.29) is 0 Å². The number of hydrogen-bond acceptors (Lipinski definition) is 2. The zero-order valence-corrected chi connectivity index (χ0v) is 19.0. The summed E-state index contributed by atoms with van der Waals surface area (Å²) >= 11 is 1.74. The van der Waals surface area contributed by atoms with Gasteiger partial charge < -0.3 is 4.74 Å². The van der Waals surface area contributed by atoms with Crippen molar-refractivity contribution < 1.29 is 4.74 Å². The molecule has 2 aliphatic carbocycles. The van der Waals surface area contributed by atoms with Gasteiger partial charge in [0.25, 0.3) is 0 Å². The monoisotopic (exact) mass is 396 g/mol. The van der Waals surface area contributed by atoms with Crippen molar-refractivity contribution in [1.82, 2.24) is 0 Å². The Kier molecular flexibility index (Phi) is 7.04. The van der Waals surface area contributed by atoms with Gasteiger partial charge in [-0.05, 0) is 72.3 Å². The summed E-state index contributed by atoms with van der Waals surface area (Å²) < 4.78 is 5.63. The van der Waals surface area contributed by atoms with Gasteiger partial charge in [-0.15, -0.1) is 11.3 Å². The molecule has 0 radical (unpaired) electrons. The Labute approximate surface area is 175 Å². The van der Waals surface area contributed by atoms with Crippen LogP contribution in [0.25, 0.3) is 11.3 Å². The van der Waals surface area contributed by atoms with Crippen molar-refractivity contribution in [2.75, 3.05) is 6.61 Å². The van der Waals surface area contributed by atoms with Gasteiger partial charge in [0.1, 0.15) is 5.76 Å². The lowest BCUT2D eigenvalue weighted by Gasteiger charge is -2.21. The van der Waals surface area contributed by atoms with E-state index in [9.17, 15) is 0 Å². The van der Waals surface area contributed by atoms with E-state index >= 15 is 0 Å². The van der Waals surface area contributed by atoms with Crippen molar-refractivity contribution in [2.45, 2.75) is 66.2 Å². The van der Waals surface area contributed by atoms with Crippen LogP contribution in [0.5, 0.6) is 0 Å². The Balaban J connectivity index is 1.89. The highest BCUT2D eigenvalue weighted by atomic mass is 32.1. The molecule has 0 aliphatic heterocycles. The average molecular weight is 397 g/mol. The Hall–Kier alpha value is -1.54. The molecule has 1 aromatic rings. The molecule has 1 atom stereocenters. The van der Waals surface area contributed by atoms with Crippen molar-refractivity contribution in [3.05, 3.63) is 57.8 Å². The summed E-state index contributed by atoms with van der Waals surface area (Å²) in [6.45, 7) is 18.1. The summed E-state index contributed by atoms with van der Waals surface area (Å²) in [6.07, 6.45) is 10.4. The van der Waals surface area contributed by atoms with Crippen LogP contribution in [0.4, 0.5) is 0 Å². The van der Waals surface area contributed by atoms with E-state index in [2.05, 4.69) is 51.5 Å². The zero-order chi connectivity index (χ0) is 20.3. The van der Waals surface area contributed by atoms with Gasteiger partial charge in [-0.3, -0.25) is 0 Å². The third-order valence-corrected chi connectivity index (χ3v) is 7.20. The normalized spacial score (nSPS) is 20.2. The summed E-state index contributed by atoms with van der Waals surface area (Å²) in [6, 6.07) is 2.28. The van der Waals surface area contributed by atoms with Crippen LogP contribution in [0, 0.1) is 17.8 Å². The van der Waals surface area contributed by atoms with Crippen LogP contribution in [0.3, 0.4) is 0 Å². The summed E-state index contributed by atoms with van der Waals surface area (Å²) in [5.41, 5.74) is 7.06. The highest BCUT2D eigenvalue weighted by Crippen LogP contribution is 2.47. The molecule has 0 bridgehead atoms. The molecule has 2 aliphatic rings. The predicted molar refractivity (Wildman–Crippen MR) is 124 cm³/mol. The SMILES string of the molecule is C=C(CC(C)C)C1=C(C)C(CC2CCCC2)C(c2csc(C(=C)OCC)c2)=C1. The standard InChI is InChI=1S/C26H36OS/c1-7-27-20(6)26-14-22(16-28-26)25-15-23(18(4)12-17(2)3)19(5)24(25)13-21-10-8-9-11-21/h14-17,21,24H,4,6-13H2,1-3,5H3. The molecule has 0 amide bonds. The molecular formula is C26H36OS. The number of hydrogen-bond donors (Lipinski definition) is 0. The molecule has 1 unspecified atom stereocenters. The van der Waals surface area contributed by atoms with E-state index in [4.69, 9.17) is 4.74 Å². The number of rotatable bonds is 9. The molecule has 1 aromatic heterocycles.